The average molecular weight is 383 g/mol. The minimum atomic E-state index is -0.0237. The highest BCUT2D eigenvalue weighted by molar-refractivity contribution is 9.10. The van der Waals surface area contributed by atoms with Crippen LogP contribution in [-0.2, 0) is 0 Å². The van der Waals surface area contributed by atoms with E-state index in [-0.39, 0.29) is 17.1 Å². The lowest BCUT2D eigenvalue weighted by Crippen LogP contribution is -2.27. The molecule has 0 spiro atoms. The summed E-state index contributed by atoms with van der Waals surface area (Å²) in [7, 11) is 0. The van der Waals surface area contributed by atoms with E-state index in [0.29, 0.717) is 15.8 Å². The summed E-state index contributed by atoms with van der Waals surface area (Å²) in [5.41, 5.74) is 0.519. The number of carbonyl (C=O) groups excluding carboxylic acids is 1. The molecule has 1 amide bonds. The summed E-state index contributed by atoms with van der Waals surface area (Å²) in [6.07, 6.45) is 3.60. The van der Waals surface area contributed by atoms with Crippen molar-refractivity contribution in [2.75, 3.05) is 13.1 Å². The smallest absolute Gasteiger partial charge is 0.257 e. The van der Waals surface area contributed by atoms with E-state index in [1.807, 2.05) is 17.0 Å². The van der Waals surface area contributed by atoms with E-state index in [1.54, 1.807) is 12.1 Å². The predicted molar refractivity (Wildman–Crippen MR) is 86.4 cm³/mol. The van der Waals surface area contributed by atoms with Gasteiger partial charge in [0.05, 0.1) is 10.0 Å². The number of hydrogen-bond donors (Lipinski definition) is 0. The van der Waals surface area contributed by atoms with Crippen molar-refractivity contribution in [2.24, 2.45) is 0 Å². The van der Waals surface area contributed by atoms with Crippen molar-refractivity contribution in [3.8, 4) is 11.6 Å². The highest BCUT2D eigenvalue weighted by Gasteiger charge is 2.23. The number of ether oxygens (including phenoxy) is 1. The van der Waals surface area contributed by atoms with Crippen molar-refractivity contribution >= 4 is 33.4 Å². The molecule has 0 N–H and O–H groups in total. The molecule has 22 heavy (non-hydrogen) atoms. The second kappa shape index (κ2) is 6.62. The number of para-hydroxylation sites is 1. The van der Waals surface area contributed by atoms with Crippen molar-refractivity contribution in [3.63, 3.8) is 0 Å². The fourth-order valence-corrected chi connectivity index (χ4v) is 2.73. The summed E-state index contributed by atoms with van der Waals surface area (Å²) in [6, 6.07) is 7.13. The van der Waals surface area contributed by atoms with Crippen LogP contribution >= 0.6 is 27.5 Å². The van der Waals surface area contributed by atoms with Gasteiger partial charge in [-0.2, -0.15) is 4.98 Å². The van der Waals surface area contributed by atoms with E-state index in [0.717, 1.165) is 25.9 Å². The fraction of sp³-hybridized carbons (Fsp3) is 0.267. The molecule has 1 aliphatic rings. The number of carbonyl (C=O) groups is 1. The molecule has 0 unspecified atom stereocenters. The van der Waals surface area contributed by atoms with Gasteiger partial charge in [0, 0.05) is 19.3 Å². The minimum absolute atomic E-state index is 0.0237. The quantitative estimate of drug-likeness (QED) is 0.755. The van der Waals surface area contributed by atoms with Gasteiger partial charge in [-0.25, -0.2) is 4.98 Å². The maximum absolute atomic E-state index is 12.6. The topological polar surface area (TPSA) is 55.3 Å². The molecule has 114 valence electrons. The van der Waals surface area contributed by atoms with Crippen molar-refractivity contribution in [2.45, 2.75) is 12.8 Å². The summed E-state index contributed by atoms with van der Waals surface area (Å²) in [4.78, 5) is 22.3. The van der Waals surface area contributed by atoms with Crippen molar-refractivity contribution < 1.29 is 9.53 Å². The molecule has 0 bridgehead atoms. The third-order valence-electron chi connectivity index (χ3n) is 3.40. The van der Waals surface area contributed by atoms with Crippen LogP contribution in [0.25, 0.3) is 0 Å². The first kappa shape index (κ1) is 15.2. The Bertz CT molecular complexity index is 705. The van der Waals surface area contributed by atoms with Crippen LogP contribution in [0.4, 0.5) is 0 Å². The van der Waals surface area contributed by atoms with E-state index in [1.165, 1.54) is 6.20 Å². The highest BCUT2D eigenvalue weighted by atomic mass is 79.9. The first-order valence-corrected chi connectivity index (χ1v) is 8.06. The van der Waals surface area contributed by atoms with Crippen LogP contribution in [0.1, 0.15) is 23.2 Å². The van der Waals surface area contributed by atoms with Crippen molar-refractivity contribution in [1.29, 1.82) is 0 Å². The van der Waals surface area contributed by atoms with Crippen molar-refractivity contribution in [3.05, 3.63) is 45.8 Å². The molecule has 1 saturated heterocycles. The fourth-order valence-electron chi connectivity index (χ4n) is 2.33. The Kier molecular flexibility index (Phi) is 4.59. The van der Waals surface area contributed by atoms with E-state index in [9.17, 15) is 4.79 Å². The van der Waals surface area contributed by atoms with E-state index in [4.69, 9.17) is 16.3 Å². The molecule has 1 aromatic carbocycles. The van der Waals surface area contributed by atoms with Gasteiger partial charge in [-0.05, 0) is 52.5 Å². The van der Waals surface area contributed by atoms with Gasteiger partial charge in [0.1, 0.15) is 5.75 Å². The van der Waals surface area contributed by atoms with Gasteiger partial charge in [-0.15, -0.1) is 0 Å². The van der Waals surface area contributed by atoms with E-state index < -0.39 is 0 Å². The van der Waals surface area contributed by atoms with Gasteiger partial charge < -0.3 is 9.64 Å². The molecular formula is C15H13BrClN3O2. The number of hydrogen-bond acceptors (Lipinski definition) is 4. The Labute approximate surface area is 141 Å². The van der Waals surface area contributed by atoms with Gasteiger partial charge >= 0.3 is 0 Å². The Morgan fingerprint density at radius 1 is 1.27 bits per heavy atom. The lowest BCUT2D eigenvalue weighted by atomic mass is 10.2. The number of nitrogens with zero attached hydrogens (tertiary/aromatic N) is 3. The highest BCUT2D eigenvalue weighted by Crippen LogP contribution is 2.31. The molecule has 0 saturated carbocycles. The number of aromatic nitrogens is 2. The predicted octanol–water partition coefficient (Wildman–Crippen LogP) is 3.92. The Morgan fingerprint density at radius 3 is 2.77 bits per heavy atom. The van der Waals surface area contributed by atoms with Crippen molar-refractivity contribution in [1.82, 2.24) is 14.9 Å². The van der Waals surface area contributed by atoms with Crippen LogP contribution in [0.2, 0.25) is 5.28 Å². The Balaban J connectivity index is 1.91. The molecule has 2 heterocycles. The van der Waals surface area contributed by atoms with Gasteiger partial charge in [0.15, 0.2) is 0 Å². The summed E-state index contributed by atoms with van der Waals surface area (Å²) < 4.78 is 6.34. The third-order valence-corrected chi connectivity index (χ3v) is 4.13. The van der Waals surface area contributed by atoms with Crippen LogP contribution in [0, 0.1) is 0 Å². The number of benzene rings is 1. The molecule has 0 radical (unpaired) electrons. The molecule has 0 atom stereocenters. The molecule has 7 heteroatoms. The van der Waals surface area contributed by atoms with Crippen LogP contribution in [0.5, 0.6) is 11.6 Å². The third kappa shape index (κ3) is 3.23. The number of likely N-dealkylation sites (tertiary alicyclic amines) is 1. The first-order chi connectivity index (χ1) is 10.6. The molecule has 1 aliphatic heterocycles. The van der Waals surface area contributed by atoms with Crippen LogP contribution in [0.15, 0.2) is 34.9 Å². The van der Waals surface area contributed by atoms with Crippen LogP contribution < -0.4 is 4.74 Å². The lowest BCUT2D eigenvalue weighted by molar-refractivity contribution is 0.0790. The second-order valence-corrected chi connectivity index (χ2v) is 6.08. The minimum Gasteiger partial charge on any atom is -0.437 e. The second-order valence-electron chi connectivity index (χ2n) is 4.89. The number of amides is 1. The Morgan fingerprint density at radius 2 is 2.00 bits per heavy atom. The zero-order chi connectivity index (χ0) is 15.5. The molecule has 0 aliphatic carbocycles. The first-order valence-electron chi connectivity index (χ1n) is 6.89. The molecule has 2 aromatic rings. The zero-order valence-corrected chi connectivity index (χ0v) is 14.0. The Hall–Kier alpha value is -1.66. The number of halogens is 2. The van der Waals surface area contributed by atoms with E-state index >= 15 is 0 Å². The largest absolute Gasteiger partial charge is 0.437 e. The van der Waals surface area contributed by atoms with Gasteiger partial charge in [0.2, 0.25) is 11.2 Å². The SMILES string of the molecule is O=C(c1ccccc1Oc1nc(Cl)ncc1Br)N1CCCC1. The lowest BCUT2D eigenvalue weighted by Gasteiger charge is -2.17. The average Bonchev–Trinajstić information content (AvgIpc) is 3.05. The van der Waals surface area contributed by atoms with Gasteiger partial charge in [-0.3, -0.25) is 4.79 Å². The zero-order valence-electron chi connectivity index (χ0n) is 11.6. The summed E-state index contributed by atoms with van der Waals surface area (Å²) in [6.45, 7) is 1.58. The van der Waals surface area contributed by atoms with E-state index in [2.05, 4.69) is 25.9 Å². The standard InChI is InChI=1S/C15H13BrClN3O2/c16-11-9-18-15(17)19-13(11)22-12-6-2-1-5-10(12)14(21)20-7-3-4-8-20/h1-2,5-6,9H,3-4,7-8H2. The normalized spacial score (nSPS) is 14.2. The summed E-state index contributed by atoms with van der Waals surface area (Å²) in [5, 5.41) is 0.0848. The summed E-state index contributed by atoms with van der Waals surface area (Å²) in [5.74, 6) is 0.709. The van der Waals surface area contributed by atoms with Gasteiger partial charge in [-0.1, -0.05) is 12.1 Å². The molecule has 1 fully saturated rings. The van der Waals surface area contributed by atoms with Crippen LogP contribution in [0.3, 0.4) is 0 Å². The maximum Gasteiger partial charge on any atom is 0.257 e. The van der Waals surface area contributed by atoms with Crippen LogP contribution in [-0.4, -0.2) is 33.9 Å². The molecule has 1 aromatic heterocycles. The molecular weight excluding hydrogens is 370 g/mol. The molecule has 5 nitrogen and oxygen atoms in total. The monoisotopic (exact) mass is 381 g/mol. The maximum atomic E-state index is 12.6. The molecule has 3 rings (SSSR count). The van der Waals surface area contributed by atoms with Gasteiger partial charge in [0.25, 0.3) is 5.91 Å². The number of rotatable bonds is 3. The summed E-state index contributed by atoms with van der Waals surface area (Å²) >= 11 is 9.10.